The Morgan fingerprint density at radius 2 is 1.67 bits per heavy atom. The first kappa shape index (κ1) is 11.7. The number of nitriles is 2. The van der Waals surface area contributed by atoms with Crippen LogP contribution in [0.15, 0.2) is 48.5 Å². The van der Waals surface area contributed by atoms with Crippen molar-refractivity contribution >= 4 is 0 Å². The van der Waals surface area contributed by atoms with Gasteiger partial charge in [-0.1, -0.05) is 30.3 Å². The van der Waals surface area contributed by atoms with Crippen molar-refractivity contribution < 1.29 is 4.74 Å². The zero-order valence-electron chi connectivity index (χ0n) is 9.63. The van der Waals surface area contributed by atoms with Gasteiger partial charge in [0.15, 0.2) is 0 Å². The lowest BCUT2D eigenvalue weighted by atomic mass is 10.0. The molecule has 0 bridgehead atoms. The van der Waals surface area contributed by atoms with Crippen molar-refractivity contribution in [3.05, 3.63) is 65.2 Å². The number of benzene rings is 2. The monoisotopic (exact) mass is 234 g/mol. The van der Waals surface area contributed by atoms with Gasteiger partial charge in [-0.05, 0) is 23.8 Å². The van der Waals surface area contributed by atoms with E-state index in [-0.39, 0.29) is 0 Å². The summed E-state index contributed by atoms with van der Waals surface area (Å²) in [6.07, 6.45) is 2.36. The van der Waals surface area contributed by atoms with Crippen molar-refractivity contribution in [2.45, 2.75) is 6.42 Å². The third kappa shape index (κ3) is 2.66. The number of ether oxygens (including phenoxy) is 1. The van der Waals surface area contributed by atoms with Gasteiger partial charge in [-0.3, -0.25) is 0 Å². The van der Waals surface area contributed by atoms with Gasteiger partial charge in [-0.2, -0.15) is 5.26 Å². The normalized spacial score (nSPS) is 9.22. The topological polar surface area (TPSA) is 56.8 Å². The second kappa shape index (κ2) is 5.52. The van der Waals surface area contributed by atoms with Gasteiger partial charge in [0.2, 0.25) is 0 Å². The van der Waals surface area contributed by atoms with Crippen molar-refractivity contribution in [1.82, 2.24) is 0 Å². The molecule has 2 aromatic carbocycles. The minimum absolute atomic E-state index is 0.573. The Kier molecular flexibility index (Phi) is 3.59. The van der Waals surface area contributed by atoms with E-state index in [4.69, 9.17) is 15.3 Å². The molecule has 86 valence electrons. The van der Waals surface area contributed by atoms with Crippen LogP contribution in [0.3, 0.4) is 0 Å². The highest BCUT2D eigenvalue weighted by atomic mass is 16.5. The molecule has 0 radical (unpaired) electrons. The van der Waals surface area contributed by atoms with Crippen molar-refractivity contribution in [2.24, 2.45) is 0 Å². The SMILES string of the molecule is N#COc1ccccc1Cc1ccc(C#N)cc1. The molecule has 0 aliphatic heterocycles. The third-order valence-electron chi connectivity index (χ3n) is 2.61. The predicted octanol–water partition coefficient (Wildman–Crippen LogP) is 3.01. The Hall–Kier alpha value is -2.78. The number of nitrogens with zero attached hydrogens (tertiary/aromatic N) is 2. The highest BCUT2D eigenvalue weighted by molar-refractivity contribution is 5.39. The van der Waals surface area contributed by atoms with E-state index in [1.165, 1.54) is 0 Å². The fraction of sp³-hybridized carbons (Fsp3) is 0.0667. The van der Waals surface area contributed by atoms with Crippen molar-refractivity contribution in [3.63, 3.8) is 0 Å². The average Bonchev–Trinajstić information content (AvgIpc) is 2.42. The van der Waals surface area contributed by atoms with Gasteiger partial charge in [0.1, 0.15) is 5.75 Å². The highest BCUT2D eigenvalue weighted by Crippen LogP contribution is 2.21. The van der Waals surface area contributed by atoms with Crippen LogP contribution in [0, 0.1) is 22.8 Å². The van der Waals surface area contributed by atoms with Gasteiger partial charge in [0.05, 0.1) is 11.6 Å². The standard InChI is InChI=1S/C15H10N2O/c16-10-13-7-5-12(6-8-13)9-14-3-1-2-4-15(14)18-11-17/h1-8H,9H2. The van der Waals surface area contributed by atoms with E-state index in [9.17, 15) is 0 Å². The van der Waals surface area contributed by atoms with Crippen molar-refractivity contribution in [3.8, 4) is 18.1 Å². The lowest BCUT2D eigenvalue weighted by Crippen LogP contribution is -1.93. The molecule has 0 heterocycles. The molecular formula is C15H10N2O. The maximum atomic E-state index is 8.73. The predicted molar refractivity (Wildman–Crippen MR) is 66.6 cm³/mol. The van der Waals surface area contributed by atoms with Crippen LogP contribution in [0.25, 0.3) is 0 Å². The Bertz CT molecular complexity index is 618. The lowest BCUT2D eigenvalue weighted by molar-refractivity contribution is 0.501. The third-order valence-corrected chi connectivity index (χ3v) is 2.61. The molecule has 0 aliphatic rings. The summed E-state index contributed by atoms with van der Waals surface area (Å²) in [5.74, 6) is 0.573. The highest BCUT2D eigenvalue weighted by Gasteiger charge is 2.04. The Morgan fingerprint density at radius 3 is 2.33 bits per heavy atom. The van der Waals surface area contributed by atoms with Crippen molar-refractivity contribution in [1.29, 1.82) is 10.5 Å². The summed E-state index contributed by atoms with van der Waals surface area (Å²) in [4.78, 5) is 0. The molecule has 0 aliphatic carbocycles. The molecule has 2 aromatic rings. The summed E-state index contributed by atoms with van der Waals surface area (Å²) >= 11 is 0. The zero-order valence-corrected chi connectivity index (χ0v) is 9.63. The van der Waals surface area contributed by atoms with Crippen LogP contribution in [0.1, 0.15) is 16.7 Å². The molecule has 0 unspecified atom stereocenters. The molecule has 2 rings (SSSR count). The summed E-state index contributed by atoms with van der Waals surface area (Å²) in [6, 6.07) is 16.9. The largest absolute Gasteiger partial charge is 0.388 e. The first-order valence-corrected chi connectivity index (χ1v) is 5.46. The quantitative estimate of drug-likeness (QED) is 0.767. The first-order chi connectivity index (χ1) is 8.83. The molecule has 3 heteroatoms. The van der Waals surface area contributed by atoms with Crippen LogP contribution in [-0.2, 0) is 6.42 Å². The molecule has 3 nitrogen and oxygen atoms in total. The fourth-order valence-electron chi connectivity index (χ4n) is 1.72. The molecule has 0 aromatic heterocycles. The van der Waals surface area contributed by atoms with Gasteiger partial charge in [-0.15, -0.1) is 5.26 Å². The van der Waals surface area contributed by atoms with Gasteiger partial charge in [0.25, 0.3) is 6.26 Å². The van der Waals surface area contributed by atoms with E-state index in [1.54, 1.807) is 24.5 Å². The lowest BCUT2D eigenvalue weighted by Gasteiger charge is -2.06. The van der Waals surface area contributed by atoms with Gasteiger partial charge < -0.3 is 4.74 Å². The minimum Gasteiger partial charge on any atom is -0.388 e. The second-order valence-corrected chi connectivity index (χ2v) is 3.79. The summed E-state index contributed by atoms with van der Waals surface area (Å²) in [5, 5.41) is 17.3. The van der Waals surface area contributed by atoms with Gasteiger partial charge >= 0.3 is 0 Å². The van der Waals surface area contributed by atoms with E-state index in [2.05, 4.69) is 6.07 Å². The molecule has 18 heavy (non-hydrogen) atoms. The first-order valence-electron chi connectivity index (χ1n) is 5.46. The van der Waals surface area contributed by atoms with Crippen LogP contribution >= 0.6 is 0 Å². The molecular weight excluding hydrogens is 224 g/mol. The molecule has 0 atom stereocenters. The summed E-state index contributed by atoms with van der Waals surface area (Å²) < 4.78 is 4.91. The van der Waals surface area contributed by atoms with Crippen molar-refractivity contribution in [2.75, 3.05) is 0 Å². The van der Waals surface area contributed by atoms with E-state index in [0.717, 1.165) is 11.1 Å². The van der Waals surface area contributed by atoms with E-state index < -0.39 is 0 Å². The summed E-state index contributed by atoms with van der Waals surface area (Å²) in [6.45, 7) is 0. The van der Waals surface area contributed by atoms with Crippen LogP contribution in [0.2, 0.25) is 0 Å². The molecule has 0 fully saturated rings. The summed E-state index contributed by atoms with van der Waals surface area (Å²) in [7, 11) is 0. The molecule has 0 N–H and O–H groups in total. The minimum atomic E-state index is 0.573. The van der Waals surface area contributed by atoms with E-state index in [0.29, 0.717) is 17.7 Å². The Labute approximate surface area is 105 Å². The molecule has 0 spiro atoms. The van der Waals surface area contributed by atoms with Crippen LogP contribution < -0.4 is 4.74 Å². The molecule has 0 saturated carbocycles. The van der Waals surface area contributed by atoms with Crippen LogP contribution in [0.4, 0.5) is 0 Å². The van der Waals surface area contributed by atoms with Gasteiger partial charge in [0, 0.05) is 12.0 Å². The smallest absolute Gasteiger partial charge is 0.292 e. The van der Waals surface area contributed by atoms with Crippen LogP contribution in [0.5, 0.6) is 5.75 Å². The number of hydrogen-bond acceptors (Lipinski definition) is 3. The van der Waals surface area contributed by atoms with E-state index >= 15 is 0 Å². The number of hydrogen-bond donors (Lipinski definition) is 0. The van der Waals surface area contributed by atoms with Crippen LogP contribution in [-0.4, -0.2) is 0 Å². The summed E-state index contributed by atoms with van der Waals surface area (Å²) in [5.41, 5.74) is 2.66. The number of para-hydroxylation sites is 1. The fourth-order valence-corrected chi connectivity index (χ4v) is 1.72. The molecule has 0 amide bonds. The maximum absolute atomic E-state index is 8.73. The van der Waals surface area contributed by atoms with Gasteiger partial charge in [-0.25, -0.2) is 0 Å². The molecule has 0 saturated heterocycles. The number of rotatable bonds is 3. The average molecular weight is 234 g/mol. The Balaban J connectivity index is 2.23. The zero-order chi connectivity index (χ0) is 12.8. The maximum Gasteiger partial charge on any atom is 0.292 e. The van der Waals surface area contributed by atoms with E-state index in [1.807, 2.05) is 30.3 Å². The Morgan fingerprint density at radius 1 is 0.944 bits per heavy atom. The second-order valence-electron chi connectivity index (χ2n) is 3.79.